The van der Waals surface area contributed by atoms with Crippen LogP contribution in [0.3, 0.4) is 0 Å². The smallest absolute Gasteiger partial charge is 0.0604 e. The highest BCUT2D eigenvalue weighted by molar-refractivity contribution is 8.45. The summed E-state index contributed by atoms with van der Waals surface area (Å²) in [6.07, 6.45) is 0. The molecule has 0 spiro atoms. The highest BCUT2D eigenvalue weighted by Gasteiger charge is 2.18. The lowest BCUT2D eigenvalue weighted by Gasteiger charge is -2.43. The molecule has 1 aliphatic rings. The fourth-order valence-electron chi connectivity index (χ4n) is 1.28. The van der Waals surface area contributed by atoms with Crippen LogP contribution in [-0.4, -0.2) is 29.6 Å². The zero-order valence-electron chi connectivity index (χ0n) is 6.65. The Morgan fingerprint density at radius 1 is 1.27 bits per heavy atom. The van der Waals surface area contributed by atoms with Gasteiger partial charge in [-0.1, -0.05) is 0 Å². The predicted molar refractivity (Wildman–Crippen MR) is 53.7 cm³/mol. The Labute approximate surface area is 78.9 Å². The fraction of sp³-hybridized carbons (Fsp3) is 1.00. The lowest BCUT2D eigenvalue weighted by atomic mass is 10.2. The second kappa shape index (κ2) is 4.09. The Hall–Kier alpha value is 0.710. The summed E-state index contributed by atoms with van der Waals surface area (Å²) in [7, 11) is -0.442. The number of hydrogen-bond acceptors (Lipinski definition) is 4. The zero-order chi connectivity index (χ0) is 8.43. The van der Waals surface area contributed by atoms with Gasteiger partial charge in [0.05, 0.1) is 13.2 Å². The van der Waals surface area contributed by atoms with E-state index in [1.807, 2.05) is 0 Å². The molecule has 2 nitrogen and oxygen atoms in total. The Morgan fingerprint density at radius 3 is 2.00 bits per heavy atom. The van der Waals surface area contributed by atoms with Crippen molar-refractivity contribution < 1.29 is 4.74 Å². The van der Waals surface area contributed by atoms with Gasteiger partial charge < -0.3 is 9.04 Å². The summed E-state index contributed by atoms with van der Waals surface area (Å²) in [5.74, 6) is 0. The summed E-state index contributed by atoms with van der Waals surface area (Å²) in [6, 6.07) is 0.772. The van der Waals surface area contributed by atoms with E-state index in [-0.39, 0.29) is 0 Å². The van der Waals surface area contributed by atoms with Gasteiger partial charge in [0, 0.05) is 12.1 Å². The molecule has 0 radical (unpaired) electrons. The first-order valence-electron chi connectivity index (χ1n) is 3.58. The normalized spacial score (nSPS) is 34.5. The quantitative estimate of drug-likeness (QED) is 0.586. The maximum atomic E-state index is 5.34. The van der Waals surface area contributed by atoms with Gasteiger partial charge in [-0.15, -0.1) is 0 Å². The van der Waals surface area contributed by atoms with Gasteiger partial charge >= 0.3 is 0 Å². The summed E-state index contributed by atoms with van der Waals surface area (Å²) >= 11 is 10.1. The molecule has 1 heterocycles. The van der Waals surface area contributed by atoms with Crippen LogP contribution in [0.4, 0.5) is 0 Å². The van der Waals surface area contributed by atoms with E-state index in [1.54, 1.807) is 0 Å². The average molecular weight is 210 g/mol. The van der Waals surface area contributed by atoms with Crippen LogP contribution in [0, 0.1) is 0 Å². The van der Waals surface area contributed by atoms with E-state index in [0.29, 0.717) is 12.1 Å². The predicted octanol–water partition coefficient (Wildman–Crippen LogP) is 0.553. The third-order valence-electron chi connectivity index (χ3n) is 1.76. The molecule has 2 unspecified atom stereocenters. The van der Waals surface area contributed by atoms with Crippen LogP contribution in [0.25, 0.3) is 0 Å². The highest BCUT2D eigenvalue weighted by Crippen LogP contribution is 2.12. The summed E-state index contributed by atoms with van der Waals surface area (Å²) in [5.41, 5.74) is 0. The third-order valence-corrected chi connectivity index (χ3v) is 3.86. The summed E-state index contributed by atoms with van der Waals surface area (Å²) < 4.78 is 7.52. The SMILES string of the molecule is CC1COCC(C)N1[S-](=S)=S. The van der Waals surface area contributed by atoms with Gasteiger partial charge in [0.25, 0.3) is 0 Å². The summed E-state index contributed by atoms with van der Waals surface area (Å²) in [4.78, 5) is 0. The minimum atomic E-state index is -0.442. The molecular formula is C6H12NOS3-. The van der Waals surface area contributed by atoms with Crippen molar-refractivity contribution in [1.29, 1.82) is 0 Å². The van der Waals surface area contributed by atoms with Crippen LogP contribution < -0.4 is 0 Å². The van der Waals surface area contributed by atoms with E-state index in [4.69, 9.17) is 27.1 Å². The monoisotopic (exact) mass is 210 g/mol. The number of nitrogens with zero attached hydrogens (tertiary/aromatic N) is 1. The van der Waals surface area contributed by atoms with Crippen LogP contribution in [0.2, 0.25) is 0 Å². The highest BCUT2D eigenvalue weighted by atomic mass is 33.1. The van der Waals surface area contributed by atoms with Crippen molar-refractivity contribution in [2.45, 2.75) is 25.9 Å². The van der Waals surface area contributed by atoms with Crippen molar-refractivity contribution in [2.75, 3.05) is 13.2 Å². The molecule has 0 aromatic heterocycles. The molecule has 1 saturated heterocycles. The second-order valence-electron chi connectivity index (χ2n) is 2.81. The van der Waals surface area contributed by atoms with E-state index in [0.717, 1.165) is 13.2 Å². The van der Waals surface area contributed by atoms with E-state index in [2.05, 4.69) is 18.2 Å². The van der Waals surface area contributed by atoms with E-state index in [9.17, 15) is 0 Å². The number of ether oxygens (including phenoxy) is 1. The molecule has 0 N–H and O–H groups in total. The molecule has 0 bridgehead atoms. The standard InChI is InChI=1S/C6H12NOS3/c1-5-3-8-4-6(2)7(5)11(9)10/h5-6H,3-4H2,1-2H3/q-1. The van der Waals surface area contributed by atoms with Crippen molar-refractivity contribution in [3.63, 3.8) is 0 Å². The molecule has 0 aromatic rings. The molecule has 2 atom stereocenters. The molecule has 0 aliphatic carbocycles. The van der Waals surface area contributed by atoms with Crippen molar-refractivity contribution in [2.24, 2.45) is 0 Å². The van der Waals surface area contributed by atoms with Crippen LogP contribution in [-0.2, 0) is 35.3 Å². The Morgan fingerprint density at radius 2 is 1.73 bits per heavy atom. The van der Waals surface area contributed by atoms with E-state index < -0.39 is 8.20 Å². The molecular weight excluding hydrogens is 198 g/mol. The lowest BCUT2D eigenvalue weighted by molar-refractivity contribution is 0.0116. The van der Waals surface area contributed by atoms with Crippen LogP contribution >= 0.6 is 0 Å². The second-order valence-corrected chi connectivity index (χ2v) is 6.20. The van der Waals surface area contributed by atoms with Gasteiger partial charge in [0.1, 0.15) is 0 Å². The Balaban J connectivity index is 2.70. The van der Waals surface area contributed by atoms with Crippen LogP contribution in [0.15, 0.2) is 0 Å². The van der Waals surface area contributed by atoms with Gasteiger partial charge in [-0.2, -0.15) is 0 Å². The number of morpholine rings is 1. The first kappa shape index (κ1) is 9.80. The first-order chi connectivity index (χ1) is 5.13. The first-order valence-corrected chi connectivity index (χ1v) is 6.61. The van der Waals surface area contributed by atoms with Gasteiger partial charge in [-0.3, -0.25) is 8.20 Å². The Bertz CT molecular complexity index is 186. The van der Waals surface area contributed by atoms with Gasteiger partial charge in [-0.25, -0.2) is 22.4 Å². The van der Waals surface area contributed by atoms with Crippen molar-refractivity contribution in [1.82, 2.24) is 4.31 Å². The number of rotatable bonds is 1. The molecule has 0 amide bonds. The van der Waals surface area contributed by atoms with Crippen LogP contribution in [0.1, 0.15) is 13.8 Å². The maximum Gasteiger partial charge on any atom is 0.0604 e. The fourth-order valence-corrected chi connectivity index (χ4v) is 3.76. The van der Waals surface area contributed by atoms with Crippen molar-refractivity contribution in [3.8, 4) is 0 Å². The molecule has 66 valence electrons. The zero-order valence-corrected chi connectivity index (χ0v) is 9.10. The van der Waals surface area contributed by atoms with Crippen molar-refractivity contribution >= 4 is 30.6 Å². The maximum absolute atomic E-state index is 5.34. The number of hydrogen-bond donors (Lipinski definition) is 0. The Kier molecular flexibility index (Phi) is 3.64. The van der Waals surface area contributed by atoms with Gasteiger partial charge in [0.15, 0.2) is 0 Å². The molecule has 0 saturated carbocycles. The van der Waals surface area contributed by atoms with E-state index >= 15 is 0 Å². The average Bonchev–Trinajstić information content (AvgIpc) is 1.85. The lowest BCUT2D eigenvalue weighted by Crippen LogP contribution is -2.47. The molecule has 5 heteroatoms. The minimum Gasteiger partial charge on any atom is -0.378 e. The summed E-state index contributed by atoms with van der Waals surface area (Å²) in [6.45, 7) is 5.74. The van der Waals surface area contributed by atoms with Crippen LogP contribution in [0.5, 0.6) is 0 Å². The van der Waals surface area contributed by atoms with E-state index in [1.165, 1.54) is 0 Å². The van der Waals surface area contributed by atoms with Gasteiger partial charge in [-0.05, 0) is 13.8 Å². The van der Waals surface area contributed by atoms with Crippen molar-refractivity contribution in [3.05, 3.63) is 0 Å². The van der Waals surface area contributed by atoms with Gasteiger partial charge in [0.2, 0.25) is 0 Å². The third kappa shape index (κ3) is 2.32. The molecule has 11 heavy (non-hydrogen) atoms. The topological polar surface area (TPSA) is 12.5 Å². The molecule has 1 fully saturated rings. The molecule has 1 aliphatic heterocycles. The minimum absolute atomic E-state index is 0.386. The molecule has 0 aromatic carbocycles. The molecule has 1 rings (SSSR count). The summed E-state index contributed by atoms with van der Waals surface area (Å²) in [5, 5.41) is 0. The largest absolute Gasteiger partial charge is 0.378 e.